The topological polar surface area (TPSA) is 318 Å². The van der Waals surface area contributed by atoms with E-state index in [1.807, 2.05) is 9.44 Å². The van der Waals surface area contributed by atoms with E-state index in [1.165, 1.54) is 24.3 Å². The van der Waals surface area contributed by atoms with E-state index in [4.69, 9.17) is 10.3 Å². The first-order valence-electron chi connectivity index (χ1n) is 15.2. The van der Waals surface area contributed by atoms with Crippen molar-refractivity contribution in [1.82, 2.24) is 9.44 Å². The molecule has 2 amide bonds. The summed E-state index contributed by atoms with van der Waals surface area (Å²) in [5.74, 6) is -2.04. The molecular weight excluding hydrogens is 793 g/mol. The van der Waals surface area contributed by atoms with Crippen molar-refractivity contribution >= 4 is 75.4 Å². The summed E-state index contributed by atoms with van der Waals surface area (Å²) in [6.07, 6.45) is 0.493. The number of aromatic hydroxyl groups is 2. The van der Waals surface area contributed by atoms with Crippen molar-refractivity contribution < 1.29 is 53.5 Å². The number of phenols is 2. The predicted molar refractivity (Wildman–Crippen MR) is 197 cm³/mol. The molecule has 0 atom stereocenters. The number of anilines is 4. The second-order valence-electron chi connectivity index (χ2n) is 11.7. The van der Waals surface area contributed by atoms with Crippen molar-refractivity contribution in [3.63, 3.8) is 0 Å². The summed E-state index contributed by atoms with van der Waals surface area (Å²) in [5.41, 5.74) is 2.90. The van der Waals surface area contributed by atoms with Gasteiger partial charge in [0.25, 0.3) is 32.2 Å². The zero-order valence-electron chi connectivity index (χ0n) is 27.6. The molecule has 6 rings (SSSR count). The molecular formula is C30H32N8O12S4. The Labute approximate surface area is 310 Å². The minimum absolute atomic E-state index is 0.0342. The van der Waals surface area contributed by atoms with Gasteiger partial charge in [-0.15, -0.1) is 0 Å². The maximum atomic E-state index is 11.9. The summed E-state index contributed by atoms with van der Waals surface area (Å²) in [6.45, 7) is -0.841. The van der Waals surface area contributed by atoms with Gasteiger partial charge >= 0.3 is 20.4 Å². The number of benzene rings is 4. The highest BCUT2D eigenvalue weighted by Gasteiger charge is 2.36. The number of carbonyl (C=O) groups excluding carboxylic acids is 2. The molecule has 2 aliphatic heterocycles. The van der Waals surface area contributed by atoms with Gasteiger partial charge in [0.2, 0.25) is 0 Å². The van der Waals surface area contributed by atoms with Crippen LogP contribution in [0.15, 0.2) is 84.9 Å². The molecule has 0 aliphatic carbocycles. The second-order valence-corrected chi connectivity index (χ2v) is 17.5. The molecule has 10 N–H and O–H groups in total. The van der Waals surface area contributed by atoms with Gasteiger partial charge in [0.1, 0.15) is 24.6 Å². The fourth-order valence-electron chi connectivity index (χ4n) is 5.40. The Bertz CT molecular complexity index is 2410. The van der Waals surface area contributed by atoms with E-state index >= 15 is 0 Å². The number of rotatable bonds is 10. The highest BCUT2D eigenvalue weighted by atomic mass is 32.2. The van der Waals surface area contributed by atoms with E-state index in [0.29, 0.717) is 33.6 Å². The number of nitrogens with two attached hydrogens (primary N) is 2. The predicted octanol–water partition coefficient (Wildman–Crippen LogP) is -0.441. The molecule has 2 saturated heterocycles. The lowest BCUT2D eigenvalue weighted by molar-refractivity contribution is -0.118. The van der Waals surface area contributed by atoms with E-state index in [-0.39, 0.29) is 35.7 Å². The van der Waals surface area contributed by atoms with E-state index in [9.17, 15) is 53.5 Å². The highest BCUT2D eigenvalue weighted by Crippen LogP contribution is 2.34. The van der Waals surface area contributed by atoms with Gasteiger partial charge in [-0.1, -0.05) is 48.5 Å². The minimum Gasteiger partial charge on any atom is -0.506 e. The minimum atomic E-state index is -4.03. The Balaban J connectivity index is 0.000000208. The molecule has 288 valence electrons. The lowest BCUT2D eigenvalue weighted by Crippen LogP contribution is -2.29. The summed E-state index contributed by atoms with van der Waals surface area (Å²) < 4.78 is 102. The number of nitrogens with zero attached hydrogens (tertiary/aromatic N) is 2. The number of phenolic OH excluding ortho intramolecular Hbond substituents is 2. The average Bonchev–Trinajstić information content (AvgIpc) is 3.48. The Morgan fingerprint density at radius 3 is 1.26 bits per heavy atom. The fraction of sp³-hybridized carbons (Fsp3) is 0.133. The van der Waals surface area contributed by atoms with Gasteiger partial charge in [-0.25, -0.2) is 28.3 Å². The lowest BCUT2D eigenvalue weighted by atomic mass is 10.0. The van der Waals surface area contributed by atoms with Crippen LogP contribution < -0.4 is 37.8 Å². The van der Waals surface area contributed by atoms with Crippen molar-refractivity contribution in [1.29, 1.82) is 0 Å². The lowest BCUT2D eigenvalue weighted by Gasteiger charge is -2.17. The fourth-order valence-corrected chi connectivity index (χ4v) is 8.73. The van der Waals surface area contributed by atoms with Gasteiger partial charge in [0, 0.05) is 0 Å². The first-order chi connectivity index (χ1) is 25.1. The highest BCUT2D eigenvalue weighted by molar-refractivity contribution is 7.92. The largest absolute Gasteiger partial charge is 0.506 e. The molecule has 0 spiro atoms. The maximum absolute atomic E-state index is 11.9. The van der Waals surface area contributed by atoms with Crippen LogP contribution in [0.3, 0.4) is 0 Å². The van der Waals surface area contributed by atoms with Gasteiger partial charge in [-0.2, -0.15) is 33.7 Å². The first-order valence-corrected chi connectivity index (χ1v) is 21.1. The van der Waals surface area contributed by atoms with Gasteiger partial charge < -0.3 is 10.2 Å². The van der Waals surface area contributed by atoms with E-state index in [2.05, 4.69) is 9.44 Å². The second kappa shape index (κ2) is 15.0. The summed E-state index contributed by atoms with van der Waals surface area (Å²) in [5, 5.41) is 30.5. The first kappa shape index (κ1) is 39.5. The summed E-state index contributed by atoms with van der Waals surface area (Å²) >= 11 is 0. The molecule has 54 heavy (non-hydrogen) atoms. The summed E-state index contributed by atoms with van der Waals surface area (Å²) in [6, 6.07) is 21.8. The molecule has 0 radical (unpaired) electrons. The number of amides is 2. The van der Waals surface area contributed by atoms with Crippen molar-refractivity contribution in [3.05, 3.63) is 107 Å². The third kappa shape index (κ3) is 9.85. The monoisotopic (exact) mass is 824 g/mol. The van der Waals surface area contributed by atoms with Crippen LogP contribution in [0.1, 0.15) is 22.3 Å². The molecule has 0 aromatic heterocycles. The number of para-hydroxylation sites is 2. The molecule has 2 heterocycles. The Morgan fingerprint density at radius 2 is 0.963 bits per heavy atom. The standard InChI is InChI=1S/2C15H16N4O6S2/c2*16-26(22,23)17-12-4-2-1-3-11(12)7-10-5-6-13(14(20)8-10)19-9-15(21)18-27(19,24)25/h2*1-6,8,17,20H,7,9H2,(H,18,21)(H2,16,22,23). The Kier molecular flexibility index (Phi) is 11.0. The third-order valence-electron chi connectivity index (χ3n) is 7.59. The number of nitrogens with one attached hydrogen (secondary N) is 4. The van der Waals surface area contributed by atoms with E-state index < -0.39 is 65.7 Å². The van der Waals surface area contributed by atoms with Crippen molar-refractivity contribution in [3.8, 4) is 11.5 Å². The Morgan fingerprint density at radius 1 is 0.611 bits per heavy atom. The van der Waals surface area contributed by atoms with Crippen molar-refractivity contribution in [2.24, 2.45) is 10.3 Å². The molecule has 4 aromatic carbocycles. The van der Waals surface area contributed by atoms with Crippen LogP contribution in [0.4, 0.5) is 22.7 Å². The van der Waals surface area contributed by atoms with Crippen LogP contribution in [0.5, 0.6) is 11.5 Å². The van der Waals surface area contributed by atoms with Crippen LogP contribution >= 0.6 is 0 Å². The van der Waals surface area contributed by atoms with Gasteiger partial charge in [-0.05, 0) is 71.5 Å². The van der Waals surface area contributed by atoms with Crippen LogP contribution in [0, 0.1) is 0 Å². The normalized spacial score (nSPS) is 16.2. The number of hydrogen-bond acceptors (Lipinski definition) is 12. The third-order valence-corrected chi connectivity index (χ3v) is 11.4. The van der Waals surface area contributed by atoms with Crippen LogP contribution in [0.25, 0.3) is 0 Å². The molecule has 0 unspecified atom stereocenters. The van der Waals surface area contributed by atoms with Crippen LogP contribution in [-0.2, 0) is 63.3 Å². The van der Waals surface area contributed by atoms with Crippen molar-refractivity contribution in [2.75, 3.05) is 31.1 Å². The van der Waals surface area contributed by atoms with Crippen LogP contribution in [-0.4, -0.2) is 68.8 Å². The molecule has 20 nitrogen and oxygen atoms in total. The molecule has 0 saturated carbocycles. The van der Waals surface area contributed by atoms with Gasteiger partial charge in [-0.3, -0.25) is 19.0 Å². The summed E-state index contributed by atoms with van der Waals surface area (Å²) in [4.78, 5) is 22.7. The molecule has 2 aliphatic rings. The van der Waals surface area contributed by atoms with Crippen molar-refractivity contribution in [2.45, 2.75) is 12.8 Å². The zero-order valence-corrected chi connectivity index (χ0v) is 30.8. The van der Waals surface area contributed by atoms with Crippen LogP contribution in [0.2, 0.25) is 0 Å². The zero-order chi connectivity index (χ0) is 39.6. The maximum Gasteiger partial charge on any atom is 0.326 e. The van der Waals surface area contributed by atoms with Gasteiger partial charge in [0.05, 0.1) is 22.7 Å². The van der Waals surface area contributed by atoms with Gasteiger partial charge in [0.15, 0.2) is 0 Å². The average molecular weight is 825 g/mol. The quantitative estimate of drug-likeness (QED) is 0.101. The van der Waals surface area contributed by atoms with E-state index in [0.717, 1.165) is 8.61 Å². The molecule has 24 heteroatoms. The molecule has 2 fully saturated rings. The summed E-state index contributed by atoms with van der Waals surface area (Å²) in [7, 11) is -16.0. The molecule has 0 bridgehead atoms. The van der Waals surface area contributed by atoms with E-state index in [1.54, 1.807) is 60.7 Å². The SMILES string of the molecule is NS(=O)(=O)Nc1ccccc1Cc1ccc(N2CC(=O)NS2(=O)=O)c(O)c1.NS(=O)(=O)Nc1ccccc1Cc1ccc(N2CC(=O)NS2(=O)=O)c(O)c1. The number of carbonyl (C=O) groups is 2. The molecule has 4 aromatic rings. The Hall–Kier alpha value is -5.66. The number of hydrogen-bond donors (Lipinski definition) is 8. The smallest absolute Gasteiger partial charge is 0.326 e.